The second-order valence-electron chi connectivity index (χ2n) is 5.58. The summed E-state index contributed by atoms with van der Waals surface area (Å²) in [5, 5.41) is 4.58. The lowest BCUT2D eigenvalue weighted by Crippen LogP contribution is -2.40. The van der Waals surface area contributed by atoms with E-state index in [1.807, 2.05) is 11.7 Å². The van der Waals surface area contributed by atoms with Gasteiger partial charge in [-0.1, -0.05) is 26.7 Å². The van der Waals surface area contributed by atoms with E-state index in [1.165, 1.54) is 36.9 Å². The van der Waals surface area contributed by atoms with Crippen LogP contribution in [0.5, 0.6) is 0 Å². The van der Waals surface area contributed by atoms with Crippen LogP contribution in [0.1, 0.15) is 56.8 Å². The fourth-order valence-corrected chi connectivity index (χ4v) is 3.52. The highest BCUT2D eigenvalue weighted by Crippen LogP contribution is 2.31. The molecule has 1 atom stereocenters. The molecule has 0 amide bonds. The van der Waals surface area contributed by atoms with Crippen LogP contribution in [-0.2, 0) is 13.5 Å². The molecule has 0 bridgehead atoms. The van der Waals surface area contributed by atoms with Crippen molar-refractivity contribution in [1.82, 2.24) is 14.7 Å². The molecule has 1 aromatic heterocycles. The zero-order valence-corrected chi connectivity index (χ0v) is 12.6. The van der Waals surface area contributed by atoms with Crippen LogP contribution in [0, 0.1) is 0 Å². The Labute approximate surface area is 117 Å². The number of aromatic nitrogens is 2. The van der Waals surface area contributed by atoms with Crippen LogP contribution in [0.4, 0.5) is 0 Å². The van der Waals surface area contributed by atoms with Crippen molar-refractivity contribution in [3.8, 4) is 0 Å². The first-order valence-corrected chi connectivity index (χ1v) is 7.69. The molecule has 19 heavy (non-hydrogen) atoms. The fourth-order valence-electron chi connectivity index (χ4n) is 3.52. The lowest BCUT2D eigenvalue weighted by Gasteiger charge is -2.35. The second-order valence-corrected chi connectivity index (χ2v) is 5.58. The molecule has 0 spiro atoms. The summed E-state index contributed by atoms with van der Waals surface area (Å²) < 4.78 is 1.93. The smallest absolute Gasteiger partial charge is 0.0670 e. The normalized spacial score (nSPS) is 18.4. The summed E-state index contributed by atoms with van der Waals surface area (Å²) >= 11 is 0. The summed E-state index contributed by atoms with van der Waals surface area (Å²) in [5.74, 6) is 0. The molecule has 108 valence electrons. The quantitative estimate of drug-likeness (QED) is 0.857. The van der Waals surface area contributed by atoms with Crippen LogP contribution >= 0.6 is 0 Å². The van der Waals surface area contributed by atoms with E-state index in [2.05, 4.69) is 30.0 Å². The maximum Gasteiger partial charge on any atom is 0.0670 e. The molecule has 2 N–H and O–H groups in total. The molecule has 0 radical (unpaired) electrons. The van der Waals surface area contributed by atoms with E-state index in [0.29, 0.717) is 18.6 Å². The molecule has 0 aliphatic heterocycles. The summed E-state index contributed by atoms with van der Waals surface area (Å²) in [5.41, 5.74) is 8.64. The van der Waals surface area contributed by atoms with Gasteiger partial charge in [-0.25, -0.2) is 0 Å². The van der Waals surface area contributed by atoms with Crippen molar-refractivity contribution >= 4 is 0 Å². The Kier molecular flexibility index (Phi) is 4.99. The first kappa shape index (κ1) is 14.5. The van der Waals surface area contributed by atoms with E-state index in [-0.39, 0.29) is 0 Å². The molecule has 4 heteroatoms. The van der Waals surface area contributed by atoms with Gasteiger partial charge in [0.1, 0.15) is 0 Å². The van der Waals surface area contributed by atoms with Crippen molar-refractivity contribution in [2.24, 2.45) is 12.8 Å². The number of likely N-dealkylation sites (N-methyl/N-ethyl adjacent to an activating group) is 1. The highest BCUT2D eigenvalue weighted by Gasteiger charge is 2.29. The van der Waals surface area contributed by atoms with Crippen LogP contribution in [0.3, 0.4) is 0 Å². The van der Waals surface area contributed by atoms with E-state index in [1.54, 1.807) is 0 Å². The molecular weight excluding hydrogens is 236 g/mol. The first-order chi connectivity index (χ1) is 9.21. The third kappa shape index (κ3) is 3.00. The van der Waals surface area contributed by atoms with E-state index in [0.717, 1.165) is 13.0 Å². The molecule has 2 rings (SSSR count). The Balaban J connectivity index is 2.25. The molecule has 1 fully saturated rings. The maximum atomic E-state index is 6.10. The number of nitrogens with zero attached hydrogens (tertiary/aromatic N) is 3. The van der Waals surface area contributed by atoms with Gasteiger partial charge in [-0.2, -0.15) is 5.10 Å². The van der Waals surface area contributed by atoms with Gasteiger partial charge in [0.15, 0.2) is 0 Å². The molecule has 1 saturated carbocycles. The summed E-state index contributed by atoms with van der Waals surface area (Å²) in [7, 11) is 2.00. The lowest BCUT2D eigenvalue weighted by atomic mass is 10.0. The van der Waals surface area contributed by atoms with Crippen LogP contribution < -0.4 is 5.73 Å². The number of nitrogens with two attached hydrogens (primary N) is 1. The highest BCUT2D eigenvalue weighted by molar-refractivity contribution is 5.22. The standard InChI is InChI=1S/C15H28N4/c1-4-14-13(11-18(3)17-14)15(10-16)19(5-2)12-8-6-7-9-12/h11-12,15H,4-10,16H2,1-3H3. The van der Waals surface area contributed by atoms with Crippen molar-refractivity contribution in [3.63, 3.8) is 0 Å². The summed E-state index contributed by atoms with van der Waals surface area (Å²) in [6.07, 6.45) is 8.53. The first-order valence-electron chi connectivity index (χ1n) is 7.69. The summed E-state index contributed by atoms with van der Waals surface area (Å²) in [4.78, 5) is 2.60. The zero-order valence-electron chi connectivity index (χ0n) is 12.6. The van der Waals surface area contributed by atoms with Gasteiger partial charge in [-0.05, 0) is 25.8 Å². The minimum absolute atomic E-state index is 0.330. The Hall–Kier alpha value is -0.870. The predicted octanol–water partition coefficient (Wildman–Crippen LogP) is 2.25. The van der Waals surface area contributed by atoms with Gasteiger partial charge in [0.05, 0.1) is 11.7 Å². The number of aryl methyl sites for hydroxylation is 2. The third-order valence-corrected chi connectivity index (χ3v) is 4.41. The van der Waals surface area contributed by atoms with Gasteiger partial charge < -0.3 is 5.73 Å². The fraction of sp³-hybridized carbons (Fsp3) is 0.800. The molecule has 4 nitrogen and oxygen atoms in total. The van der Waals surface area contributed by atoms with Crippen LogP contribution in [-0.4, -0.2) is 33.8 Å². The van der Waals surface area contributed by atoms with Crippen molar-refractivity contribution in [2.75, 3.05) is 13.1 Å². The van der Waals surface area contributed by atoms with Crippen LogP contribution in [0.15, 0.2) is 6.20 Å². The van der Waals surface area contributed by atoms with E-state index in [9.17, 15) is 0 Å². The maximum absolute atomic E-state index is 6.10. The zero-order chi connectivity index (χ0) is 13.8. The van der Waals surface area contributed by atoms with E-state index in [4.69, 9.17) is 5.73 Å². The molecule has 1 heterocycles. The Morgan fingerprint density at radius 2 is 2.11 bits per heavy atom. The third-order valence-electron chi connectivity index (χ3n) is 4.41. The average molecular weight is 264 g/mol. The summed E-state index contributed by atoms with van der Waals surface area (Å²) in [6, 6.07) is 1.04. The minimum Gasteiger partial charge on any atom is -0.329 e. The van der Waals surface area contributed by atoms with Crippen LogP contribution in [0.25, 0.3) is 0 Å². The molecular formula is C15H28N4. The average Bonchev–Trinajstić information content (AvgIpc) is 3.04. The van der Waals surface area contributed by atoms with Gasteiger partial charge in [-0.15, -0.1) is 0 Å². The van der Waals surface area contributed by atoms with Crippen molar-refractivity contribution in [3.05, 3.63) is 17.5 Å². The molecule has 0 aromatic carbocycles. The van der Waals surface area contributed by atoms with Crippen molar-refractivity contribution in [2.45, 2.75) is 58.0 Å². The Bertz CT molecular complexity index is 393. The largest absolute Gasteiger partial charge is 0.329 e. The topological polar surface area (TPSA) is 47.1 Å². The van der Waals surface area contributed by atoms with Gasteiger partial charge >= 0.3 is 0 Å². The number of rotatable bonds is 6. The predicted molar refractivity (Wildman–Crippen MR) is 79.0 cm³/mol. The van der Waals surface area contributed by atoms with Gasteiger partial charge in [-0.3, -0.25) is 9.58 Å². The van der Waals surface area contributed by atoms with Crippen molar-refractivity contribution in [1.29, 1.82) is 0 Å². The molecule has 1 aliphatic carbocycles. The van der Waals surface area contributed by atoms with Gasteiger partial charge in [0.2, 0.25) is 0 Å². The molecule has 1 aliphatic rings. The number of hydrogen-bond acceptors (Lipinski definition) is 3. The lowest BCUT2D eigenvalue weighted by molar-refractivity contribution is 0.146. The second kappa shape index (κ2) is 6.53. The molecule has 1 unspecified atom stereocenters. The van der Waals surface area contributed by atoms with E-state index < -0.39 is 0 Å². The molecule has 1 aromatic rings. The van der Waals surface area contributed by atoms with E-state index >= 15 is 0 Å². The minimum atomic E-state index is 0.330. The SMILES string of the molecule is CCc1nn(C)cc1C(CN)N(CC)C1CCCC1. The number of hydrogen-bond donors (Lipinski definition) is 1. The van der Waals surface area contributed by atoms with Crippen molar-refractivity contribution < 1.29 is 0 Å². The molecule has 0 saturated heterocycles. The highest BCUT2D eigenvalue weighted by atomic mass is 15.3. The Morgan fingerprint density at radius 3 is 2.63 bits per heavy atom. The van der Waals surface area contributed by atoms with Gasteiger partial charge in [0.25, 0.3) is 0 Å². The summed E-state index contributed by atoms with van der Waals surface area (Å²) in [6.45, 7) is 6.18. The van der Waals surface area contributed by atoms with Gasteiger partial charge in [0, 0.05) is 31.4 Å². The van der Waals surface area contributed by atoms with Crippen LogP contribution in [0.2, 0.25) is 0 Å². The monoisotopic (exact) mass is 264 g/mol. The Morgan fingerprint density at radius 1 is 1.42 bits per heavy atom.